The topological polar surface area (TPSA) is 55.2 Å². The van der Waals surface area contributed by atoms with Crippen LogP contribution in [0.4, 0.5) is 4.39 Å². The zero-order chi connectivity index (χ0) is 16.6. The van der Waals surface area contributed by atoms with Crippen molar-refractivity contribution in [1.82, 2.24) is 13.9 Å². The van der Waals surface area contributed by atoms with Gasteiger partial charge in [0.05, 0.1) is 5.69 Å². The number of aryl methyl sites for hydroxylation is 2. The minimum absolute atomic E-state index is 0.0315. The Morgan fingerprint density at radius 1 is 1.30 bits per heavy atom. The summed E-state index contributed by atoms with van der Waals surface area (Å²) in [6.07, 6.45) is 3.55. The van der Waals surface area contributed by atoms with Gasteiger partial charge in [0.1, 0.15) is 16.5 Å². The highest BCUT2D eigenvalue weighted by molar-refractivity contribution is 7.89. The van der Waals surface area contributed by atoms with Crippen LogP contribution in [0.15, 0.2) is 35.4 Å². The van der Waals surface area contributed by atoms with E-state index in [9.17, 15) is 12.8 Å². The number of nitrogens with zero attached hydrogens (tertiary/aromatic N) is 3. The first-order valence-corrected chi connectivity index (χ1v) is 9.08. The molecular formula is C16H20FN3O2S. The summed E-state index contributed by atoms with van der Waals surface area (Å²) >= 11 is 0. The fraction of sp³-hybridized carbons (Fsp3) is 0.438. The number of hydrogen-bond acceptors (Lipinski definition) is 3. The fourth-order valence-electron chi connectivity index (χ4n) is 3.18. The third kappa shape index (κ3) is 3.03. The minimum Gasteiger partial charge on any atom is -0.337 e. The molecule has 0 amide bonds. The summed E-state index contributed by atoms with van der Waals surface area (Å²) in [6.45, 7) is 2.66. The van der Waals surface area contributed by atoms with Crippen molar-refractivity contribution in [3.8, 4) is 0 Å². The van der Waals surface area contributed by atoms with Crippen LogP contribution in [0.3, 0.4) is 0 Å². The van der Waals surface area contributed by atoms with Crippen LogP contribution >= 0.6 is 0 Å². The van der Waals surface area contributed by atoms with Crippen LogP contribution in [0.5, 0.6) is 0 Å². The number of imidazole rings is 1. The average Bonchev–Trinajstić information content (AvgIpc) is 2.86. The molecule has 5 nitrogen and oxygen atoms in total. The Hall–Kier alpha value is -1.73. The SMILES string of the molecule is Cc1cn(C)c([C@@H]2CCCN(S(=O)(=O)c3ccccc3F)C2)n1. The lowest BCUT2D eigenvalue weighted by atomic mass is 9.99. The van der Waals surface area contributed by atoms with E-state index in [1.165, 1.54) is 22.5 Å². The van der Waals surface area contributed by atoms with Crippen LogP contribution in [-0.2, 0) is 17.1 Å². The predicted molar refractivity (Wildman–Crippen MR) is 85.1 cm³/mol. The van der Waals surface area contributed by atoms with Gasteiger partial charge in [0, 0.05) is 32.3 Å². The second kappa shape index (κ2) is 6.05. The third-order valence-electron chi connectivity index (χ3n) is 4.24. The van der Waals surface area contributed by atoms with Crippen LogP contribution in [0.25, 0.3) is 0 Å². The molecule has 1 aliphatic heterocycles. The highest BCUT2D eigenvalue weighted by Gasteiger charge is 2.33. The number of hydrogen-bond donors (Lipinski definition) is 0. The molecule has 2 aromatic rings. The lowest BCUT2D eigenvalue weighted by Crippen LogP contribution is -2.40. The Morgan fingerprint density at radius 3 is 2.70 bits per heavy atom. The molecule has 0 bridgehead atoms. The molecule has 1 aromatic carbocycles. The molecule has 1 saturated heterocycles. The summed E-state index contributed by atoms with van der Waals surface area (Å²) in [5.74, 6) is 0.211. The Bertz CT molecular complexity index is 816. The van der Waals surface area contributed by atoms with Crippen molar-refractivity contribution >= 4 is 10.0 Å². The summed E-state index contributed by atoms with van der Waals surface area (Å²) < 4.78 is 42.7. The van der Waals surface area contributed by atoms with Gasteiger partial charge in [0.2, 0.25) is 10.0 Å². The monoisotopic (exact) mass is 337 g/mol. The molecule has 0 unspecified atom stereocenters. The van der Waals surface area contributed by atoms with Gasteiger partial charge in [-0.25, -0.2) is 17.8 Å². The first-order valence-electron chi connectivity index (χ1n) is 7.64. The molecule has 1 atom stereocenters. The Labute approximate surface area is 135 Å². The third-order valence-corrected chi connectivity index (χ3v) is 6.13. The second-order valence-corrected chi connectivity index (χ2v) is 7.89. The fourth-order valence-corrected chi connectivity index (χ4v) is 4.77. The number of sulfonamides is 1. The molecule has 7 heteroatoms. The smallest absolute Gasteiger partial charge is 0.246 e. The van der Waals surface area contributed by atoms with E-state index in [-0.39, 0.29) is 10.8 Å². The van der Waals surface area contributed by atoms with E-state index in [0.29, 0.717) is 13.1 Å². The van der Waals surface area contributed by atoms with Crippen molar-refractivity contribution in [2.75, 3.05) is 13.1 Å². The van der Waals surface area contributed by atoms with Gasteiger partial charge in [-0.1, -0.05) is 12.1 Å². The highest BCUT2D eigenvalue weighted by atomic mass is 32.2. The normalized spacial score (nSPS) is 19.9. The quantitative estimate of drug-likeness (QED) is 0.864. The first-order chi connectivity index (χ1) is 10.9. The average molecular weight is 337 g/mol. The van der Waals surface area contributed by atoms with Crippen molar-refractivity contribution in [2.45, 2.75) is 30.6 Å². The van der Waals surface area contributed by atoms with E-state index in [1.54, 1.807) is 6.07 Å². The number of benzene rings is 1. The van der Waals surface area contributed by atoms with Crippen LogP contribution in [0.1, 0.15) is 30.3 Å². The van der Waals surface area contributed by atoms with Crippen LogP contribution < -0.4 is 0 Å². The van der Waals surface area contributed by atoms with Gasteiger partial charge in [-0.2, -0.15) is 4.31 Å². The van der Waals surface area contributed by atoms with Crippen molar-refractivity contribution in [2.24, 2.45) is 7.05 Å². The van der Waals surface area contributed by atoms with Crippen molar-refractivity contribution in [3.05, 3.63) is 47.8 Å². The Kier molecular flexibility index (Phi) is 4.25. The Balaban J connectivity index is 1.89. The number of halogens is 1. The van der Waals surface area contributed by atoms with E-state index in [1.807, 2.05) is 24.7 Å². The van der Waals surface area contributed by atoms with Gasteiger partial charge in [-0.05, 0) is 31.9 Å². The first kappa shape index (κ1) is 16.1. The van der Waals surface area contributed by atoms with Crippen LogP contribution in [-0.4, -0.2) is 35.4 Å². The molecule has 3 rings (SSSR count). The van der Waals surface area contributed by atoms with E-state index in [4.69, 9.17) is 0 Å². The molecule has 124 valence electrons. The molecular weight excluding hydrogens is 317 g/mol. The lowest BCUT2D eigenvalue weighted by Gasteiger charge is -2.31. The minimum atomic E-state index is -3.82. The van der Waals surface area contributed by atoms with Gasteiger partial charge in [-0.15, -0.1) is 0 Å². The van der Waals surface area contributed by atoms with Gasteiger partial charge in [-0.3, -0.25) is 0 Å². The molecule has 2 heterocycles. The summed E-state index contributed by atoms with van der Waals surface area (Å²) in [5.41, 5.74) is 0.914. The second-order valence-electron chi connectivity index (χ2n) is 5.98. The summed E-state index contributed by atoms with van der Waals surface area (Å²) in [6, 6.07) is 5.53. The summed E-state index contributed by atoms with van der Waals surface area (Å²) in [5, 5.41) is 0. The number of rotatable bonds is 3. The maximum Gasteiger partial charge on any atom is 0.246 e. The molecule has 0 saturated carbocycles. The molecule has 0 spiro atoms. The maximum absolute atomic E-state index is 13.9. The zero-order valence-corrected chi connectivity index (χ0v) is 14.1. The van der Waals surface area contributed by atoms with Crippen LogP contribution in [0.2, 0.25) is 0 Å². The molecule has 0 aliphatic carbocycles. The molecule has 1 aliphatic rings. The molecule has 1 aromatic heterocycles. The largest absolute Gasteiger partial charge is 0.337 e. The van der Waals surface area contributed by atoms with Crippen molar-refractivity contribution in [3.63, 3.8) is 0 Å². The summed E-state index contributed by atoms with van der Waals surface area (Å²) in [4.78, 5) is 4.26. The van der Waals surface area contributed by atoms with Gasteiger partial charge >= 0.3 is 0 Å². The van der Waals surface area contributed by atoms with Gasteiger partial charge in [0.15, 0.2) is 0 Å². The van der Waals surface area contributed by atoms with Gasteiger partial charge in [0.25, 0.3) is 0 Å². The summed E-state index contributed by atoms with van der Waals surface area (Å²) in [7, 11) is -1.90. The molecule has 23 heavy (non-hydrogen) atoms. The van der Waals surface area contributed by atoms with E-state index in [2.05, 4.69) is 4.98 Å². The van der Waals surface area contributed by atoms with Crippen LogP contribution in [0, 0.1) is 12.7 Å². The highest BCUT2D eigenvalue weighted by Crippen LogP contribution is 2.30. The van der Waals surface area contributed by atoms with Crippen molar-refractivity contribution in [1.29, 1.82) is 0 Å². The molecule has 0 radical (unpaired) electrons. The van der Waals surface area contributed by atoms with Gasteiger partial charge < -0.3 is 4.57 Å². The molecule has 1 fully saturated rings. The maximum atomic E-state index is 13.9. The van der Waals surface area contributed by atoms with E-state index < -0.39 is 15.8 Å². The van der Waals surface area contributed by atoms with E-state index in [0.717, 1.165) is 24.4 Å². The number of piperidine rings is 1. The number of aromatic nitrogens is 2. The molecule has 0 N–H and O–H groups in total. The lowest BCUT2D eigenvalue weighted by molar-refractivity contribution is 0.305. The Morgan fingerprint density at radius 2 is 2.04 bits per heavy atom. The zero-order valence-electron chi connectivity index (χ0n) is 13.2. The van der Waals surface area contributed by atoms with E-state index >= 15 is 0 Å². The standard InChI is InChI=1S/C16H20FN3O2S/c1-12-10-19(2)16(18-12)13-6-5-9-20(11-13)23(21,22)15-8-4-3-7-14(15)17/h3-4,7-8,10,13H,5-6,9,11H2,1-2H3/t13-/m1/s1. The van der Waals surface area contributed by atoms with Crippen molar-refractivity contribution < 1.29 is 12.8 Å². The predicted octanol–water partition coefficient (Wildman–Crippen LogP) is 2.44.